The third-order valence-corrected chi connectivity index (χ3v) is 3.37. The molecule has 0 atom stereocenters. The molecule has 120 valence electrons. The molecule has 23 heavy (non-hydrogen) atoms. The van der Waals surface area contributed by atoms with Crippen molar-refractivity contribution < 1.29 is 27.8 Å². The standard InChI is InChI=1S/C13H12F2N5O3/c14-10-2-1-9(7-11(10)15)19-12(8-21)20(17-16-19)13(22)18-3-5-23-6-4-18/h1-2,7-8H,3-6H2/q+1. The third kappa shape index (κ3) is 2.80. The first kappa shape index (κ1) is 15.2. The summed E-state index contributed by atoms with van der Waals surface area (Å²) in [5.74, 6) is -2.33. The van der Waals surface area contributed by atoms with Gasteiger partial charge in [0, 0.05) is 23.8 Å². The largest absolute Gasteiger partial charge is 0.421 e. The summed E-state index contributed by atoms with van der Waals surface area (Å²) in [5, 5.41) is 7.32. The minimum absolute atomic E-state index is 0.0760. The van der Waals surface area contributed by atoms with E-state index < -0.39 is 17.7 Å². The topological polar surface area (TPSA) is 81.2 Å². The average Bonchev–Trinajstić information content (AvgIpc) is 3.01. The first-order valence-corrected chi connectivity index (χ1v) is 6.77. The molecule has 0 saturated carbocycles. The molecule has 0 N–H and O–H groups in total. The summed E-state index contributed by atoms with van der Waals surface area (Å²) in [6, 6.07) is 2.45. The van der Waals surface area contributed by atoms with Crippen LogP contribution in [0.3, 0.4) is 0 Å². The van der Waals surface area contributed by atoms with Crippen LogP contribution in [0.5, 0.6) is 0 Å². The molecule has 1 saturated heterocycles. The number of halogens is 2. The van der Waals surface area contributed by atoms with E-state index in [0.29, 0.717) is 32.6 Å². The van der Waals surface area contributed by atoms with Gasteiger partial charge in [0.2, 0.25) is 6.29 Å². The van der Waals surface area contributed by atoms with E-state index in [1.54, 1.807) is 0 Å². The predicted octanol–water partition coefficient (Wildman–Crippen LogP) is -0.0542. The number of benzene rings is 1. The second-order valence-corrected chi connectivity index (χ2v) is 4.76. The first-order chi connectivity index (χ1) is 11.1. The summed E-state index contributed by atoms with van der Waals surface area (Å²) < 4.78 is 33.3. The molecule has 1 aromatic heterocycles. The number of nitrogens with zero attached hydrogens (tertiary/aromatic N) is 5. The third-order valence-electron chi connectivity index (χ3n) is 3.37. The van der Waals surface area contributed by atoms with Crippen LogP contribution in [-0.4, -0.2) is 58.6 Å². The number of aromatic nitrogens is 4. The summed E-state index contributed by atoms with van der Waals surface area (Å²) in [5.41, 5.74) is 0.0760. The maximum atomic E-state index is 13.3. The summed E-state index contributed by atoms with van der Waals surface area (Å²) in [7, 11) is 0. The van der Waals surface area contributed by atoms with Crippen molar-refractivity contribution in [3.8, 4) is 5.69 Å². The molecule has 2 aromatic rings. The first-order valence-electron chi connectivity index (χ1n) is 6.77. The molecule has 8 nitrogen and oxygen atoms in total. The number of ether oxygens (including phenoxy) is 1. The van der Waals surface area contributed by atoms with Gasteiger partial charge in [-0.25, -0.2) is 13.6 Å². The molecular formula is C13H12F2N5O3+. The summed E-state index contributed by atoms with van der Waals surface area (Å²) in [6.07, 6.45) is 0.375. The van der Waals surface area contributed by atoms with Crippen molar-refractivity contribution in [3.63, 3.8) is 0 Å². The Hall–Kier alpha value is -2.75. The SMILES string of the molecule is O=Cc1n(C(=O)N2CCOCC2)nn[n+]1-c1ccc(F)c(F)c1. The highest BCUT2D eigenvalue weighted by atomic mass is 19.2. The van der Waals surface area contributed by atoms with Gasteiger partial charge in [-0.15, -0.1) is 0 Å². The molecular weight excluding hydrogens is 312 g/mol. The smallest absolute Gasteiger partial charge is 0.378 e. The van der Waals surface area contributed by atoms with Crippen LogP contribution in [0.2, 0.25) is 0 Å². The van der Waals surface area contributed by atoms with E-state index in [9.17, 15) is 18.4 Å². The number of amides is 1. The van der Waals surface area contributed by atoms with Gasteiger partial charge < -0.3 is 9.64 Å². The molecule has 3 rings (SSSR count). The van der Waals surface area contributed by atoms with Gasteiger partial charge in [-0.3, -0.25) is 4.79 Å². The Balaban J connectivity index is 1.97. The quantitative estimate of drug-likeness (QED) is 0.439. The fourth-order valence-corrected chi connectivity index (χ4v) is 2.19. The number of hydrogen-bond donors (Lipinski definition) is 0. The zero-order chi connectivity index (χ0) is 16.4. The summed E-state index contributed by atoms with van der Waals surface area (Å²) >= 11 is 0. The molecule has 1 aliphatic heterocycles. The highest BCUT2D eigenvalue weighted by Gasteiger charge is 2.32. The summed E-state index contributed by atoms with van der Waals surface area (Å²) in [4.78, 5) is 25.2. The second-order valence-electron chi connectivity index (χ2n) is 4.76. The Kier molecular flexibility index (Phi) is 4.06. The molecule has 0 unspecified atom stereocenters. The van der Waals surface area contributed by atoms with E-state index in [4.69, 9.17) is 4.74 Å². The molecule has 0 radical (unpaired) electrons. The molecule has 0 spiro atoms. The maximum Gasteiger partial charge on any atom is 0.421 e. The van der Waals surface area contributed by atoms with Crippen LogP contribution in [0.25, 0.3) is 5.69 Å². The lowest BCUT2D eigenvalue weighted by Crippen LogP contribution is -2.45. The number of hydrogen-bond acceptors (Lipinski definition) is 5. The van der Waals surface area contributed by atoms with Gasteiger partial charge in [0.1, 0.15) is 10.9 Å². The number of aldehydes is 1. The molecule has 1 aromatic carbocycles. The van der Waals surface area contributed by atoms with Crippen LogP contribution < -0.4 is 4.68 Å². The molecule has 2 heterocycles. The van der Waals surface area contributed by atoms with Crippen LogP contribution in [0.1, 0.15) is 10.6 Å². The Labute approximate surface area is 128 Å². The zero-order valence-corrected chi connectivity index (χ0v) is 11.9. The Morgan fingerprint density at radius 2 is 2.00 bits per heavy atom. The molecule has 10 heteroatoms. The lowest BCUT2D eigenvalue weighted by atomic mass is 10.3. The minimum Gasteiger partial charge on any atom is -0.378 e. The average molecular weight is 324 g/mol. The van der Waals surface area contributed by atoms with E-state index in [2.05, 4.69) is 10.4 Å². The normalized spacial score (nSPS) is 14.8. The molecule has 0 bridgehead atoms. The fourth-order valence-electron chi connectivity index (χ4n) is 2.19. The van der Waals surface area contributed by atoms with Gasteiger partial charge in [0.05, 0.1) is 13.2 Å². The maximum absolute atomic E-state index is 13.3. The summed E-state index contributed by atoms with van der Waals surface area (Å²) in [6.45, 7) is 1.50. The minimum atomic E-state index is -1.10. The van der Waals surface area contributed by atoms with Gasteiger partial charge in [0.25, 0.3) is 0 Å². The van der Waals surface area contributed by atoms with Crippen molar-refractivity contribution in [3.05, 3.63) is 35.7 Å². The van der Waals surface area contributed by atoms with Gasteiger partial charge in [0.15, 0.2) is 16.8 Å². The van der Waals surface area contributed by atoms with Crippen molar-refractivity contribution in [2.24, 2.45) is 0 Å². The van der Waals surface area contributed by atoms with Crippen LogP contribution in [0.15, 0.2) is 18.2 Å². The van der Waals surface area contributed by atoms with Gasteiger partial charge in [-0.2, -0.15) is 0 Å². The number of tetrazole rings is 1. The fraction of sp³-hybridized carbons (Fsp3) is 0.308. The monoisotopic (exact) mass is 324 g/mol. The van der Waals surface area contributed by atoms with E-state index in [1.165, 1.54) is 11.0 Å². The number of carbonyl (C=O) groups excluding carboxylic acids is 2. The van der Waals surface area contributed by atoms with Crippen molar-refractivity contribution >= 4 is 12.3 Å². The zero-order valence-electron chi connectivity index (χ0n) is 11.9. The molecule has 1 aliphatic rings. The Morgan fingerprint density at radius 3 is 2.65 bits per heavy atom. The van der Waals surface area contributed by atoms with Crippen molar-refractivity contribution in [1.82, 2.24) is 20.0 Å². The van der Waals surface area contributed by atoms with E-state index in [1.807, 2.05) is 0 Å². The van der Waals surface area contributed by atoms with Gasteiger partial charge >= 0.3 is 11.9 Å². The number of morpholine rings is 1. The van der Waals surface area contributed by atoms with Crippen molar-refractivity contribution in [2.45, 2.75) is 0 Å². The second kappa shape index (κ2) is 6.16. The van der Waals surface area contributed by atoms with Crippen molar-refractivity contribution in [2.75, 3.05) is 26.3 Å². The van der Waals surface area contributed by atoms with Gasteiger partial charge in [-0.05, 0) is 12.1 Å². The van der Waals surface area contributed by atoms with Crippen LogP contribution in [0.4, 0.5) is 13.6 Å². The Morgan fingerprint density at radius 1 is 1.26 bits per heavy atom. The van der Waals surface area contributed by atoms with Crippen LogP contribution in [-0.2, 0) is 4.74 Å². The van der Waals surface area contributed by atoms with Crippen LogP contribution in [0, 0.1) is 11.6 Å². The molecule has 1 fully saturated rings. The molecule has 0 aliphatic carbocycles. The highest BCUT2D eigenvalue weighted by Crippen LogP contribution is 2.09. The lowest BCUT2D eigenvalue weighted by molar-refractivity contribution is -0.662. The van der Waals surface area contributed by atoms with Crippen molar-refractivity contribution in [1.29, 1.82) is 0 Å². The van der Waals surface area contributed by atoms with Crippen LogP contribution >= 0.6 is 0 Å². The number of rotatable bonds is 2. The molecule has 1 amide bonds. The van der Waals surface area contributed by atoms with E-state index in [0.717, 1.165) is 21.5 Å². The van der Waals surface area contributed by atoms with E-state index >= 15 is 0 Å². The predicted molar refractivity (Wildman–Crippen MR) is 70.0 cm³/mol. The van der Waals surface area contributed by atoms with Gasteiger partial charge in [-0.1, -0.05) is 4.68 Å². The van der Waals surface area contributed by atoms with E-state index in [-0.39, 0.29) is 11.5 Å². The highest BCUT2D eigenvalue weighted by molar-refractivity contribution is 5.81. The lowest BCUT2D eigenvalue weighted by Gasteiger charge is -2.23. The Bertz CT molecular complexity index is 758. The number of carbonyl (C=O) groups is 2.